The molecule has 2 aromatic rings. The summed E-state index contributed by atoms with van der Waals surface area (Å²) in [4.78, 5) is 6.59. The van der Waals surface area contributed by atoms with Gasteiger partial charge >= 0.3 is 0 Å². The second-order valence-corrected chi connectivity index (χ2v) is 5.21. The van der Waals surface area contributed by atoms with Gasteiger partial charge in [-0.3, -0.25) is 4.98 Å². The molecule has 0 bridgehead atoms. The first kappa shape index (κ1) is 11.9. The highest BCUT2D eigenvalue weighted by Gasteiger charge is 2.17. The zero-order valence-electron chi connectivity index (χ0n) is 9.79. The molecule has 1 N–H and O–H groups in total. The smallest absolute Gasteiger partial charge is 0.124 e. The lowest BCUT2D eigenvalue weighted by atomic mass is 10.1. The maximum atomic E-state index is 13.4. The molecule has 0 amide bonds. The maximum absolute atomic E-state index is 13.4. The van der Waals surface area contributed by atoms with Crippen LogP contribution in [0.5, 0.6) is 0 Å². The Bertz CT molecular complexity index is 576. The molecular weight excluding hydrogens is 297 g/mol. The minimum absolute atomic E-state index is 0.223. The second kappa shape index (κ2) is 4.82. The van der Waals surface area contributed by atoms with E-state index in [1.807, 2.05) is 0 Å². The van der Waals surface area contributed by atoms with Gasteiger partial charge in [-0.2, -0.15) is 0 Å². The number of rotatable bonds is 1. The van der Waals surface area contributed by atoms with Crippen LogP contribution in [0.25, 0.3) is 10.9 Å². The lowest BCUT2D eigenvalue weighted by Crippen LogP contribution is -2.43. The monoisotopic (exact) mass is 309 g/mol. The third-order valence-electron chi connectivity index (χ3n) is 3.19. The Morgan fingerprint density at radius 3 is 2.83 bits per heavy atom. The predicted octanol–water partition coefficient (Wildman–Crippen LogP) is 2.55. The van der Waals surface area contributed by atoms with Crippen LogP contribution >= 0.6 is 15.9 Å². The summed E-state index contributed by atoms with van der Waals surface area (Å²) in [6, 6.07) is 4.73. The first-order valence-electron chi connectivity index (χ1n) is 5.95. The zero-order valence-corrected chi connectivity index (χ0v) is 11.4. The molecule has 0 saturated carbocycles. The van der Waals surface area contributed by atoms with Gasteiger partial charge in [0, 0.05) is 37.8 Å². The molecule has 0 spiro atoms. The minimum atomic E-state index is -0.223. The van der Waals surface area contributed by atoms with Crippen LogP contribution in [-0.4, -0.2) is 31.2 Å². The van der Waals surface area contributed by atoms with Gasteiger partial charge in [-0.15, -0.1) is 0 Å². The van der Waals surface area contributed by atoms with Crippen LogP contribution in [0.4, 0.5) is 10.1 Å². The molecule has 18 heavy (non-hydrogen) atoms. The van der Waals surface area contributed by atoms with Gasteiger partial charge in [0.1, 0.15) is 5.82 Å². The molecule has 2 heterocycles. The van der Waals surface area contributed by atoms with Gasteiger partial charge in [-0.1, -0.05) is 0 Å². The molecule has 1 saturated heterocycles. The fourth-order valence-corrected chi connectivity index (χ4v) is 2.90. The van der Waals surface area contributed by atoms with E-state index in [2.05, 4.69) is 31.1 Å². The molecule has 1 aromatic carbocycles. The van der Waals surface area contributed by atoms with Crippen molar-refractivity contribution in [3.63, 3.8) is 0 Å². The van der Waals surface area contributed by atoms with Crippen LogP contribution in [0.1, 0.15) is 0 Å². The number of fused-ring (bicyclic) bond motifs is 1. The van der Waals surface area contributed by atoms with E-state index in [0.717, 1.165) is 47.2 Å². The lowest BCUT2D eigenvalue weighted by Gasteiger charge is -2.31. The Labute approximate surface area is 113 Å². The van der Waals surface area contributed by atoms with Crippen molar-refractivity contribution in [2.75, 3.05) is 31.1 Å². The third kappa shape index (κ3) is 2.08. The molecule has 0 unspecified atom stereocenters. The normalized spacial score (nSPS) is 16.2. The van der Waals surface area contributed by atoms with Gasteiger partial charge in [0.2, 0.25) is 0 Å². The molecule has 3 nitrogen and oxygen atoms in total. The first-order chi connectivity index (χ1) is 8.75. The van der Waals surface area contributed by atoms with Crippen LogP contribution in [0.2, 0.25) is 0 Å². The number of nitrogens with zero attached hydrogens (tertiary/aromatic N) is 2. The van der Waals surface area contributed by atoms with Gasteiger partial charge in [-0.05, 0) is 34.1 Å². The quantitative estimate of drug-likeness (QED) is 0.877. The van der Waals surface area contributed by atoms with Crippen molar-refractivity contribution < 1.29 is 4.39 Å². The SMILES string of the molecule is Fc1ccc2ncc(Br)c(N3CCNCC3)c2c1. The van der Waals surface area contributed by atoms with Crippen molar-refractivity contribution in [3.05, 3.63) is 34.7 Å². The summed E-state index contributed by atoms with van der Waals surface area (Å²) in [5.74, 6) is -0.223. The number of hydrogen-bond acceptors (Lipinski definition) is 3. The van der Waals surface area contributed by atoms with Gasteiger partial charge in [0.05, 0.1) is 15.7 Å². The zero-order chi connectivity index (χ0) is 12.5. The fraction of sp³-hybridized carbons (Fsp3) is 0.308. The Hall–Kier alpha value is -1.20. The van der Waals surface area contributed by atoms with Gasteiger partial charge in [-0.25, -0.2) is 4.39 Å². The van der Waals surface area contributed by atoms with E-state index in [0.29, 0.717) is 0 Å². The van der Waals surface area contributed by atoms with Crippen molar-refractivity contribution in [2.24, 2.45) is 0 Å². The van der Waals surface area contributed by atoms with E-state index >= 15 is 0 Å². The van der Waals surface area contributed by atoms with Crippen LogP contribution in [0, 0.1) is 5.82 Å². The summed E-state index contributed by atoms with van der Waals surface area (Å²) in [5.41, 5.74) is 1.87. The second-order valence-electron chi connectivity index (χ2n) is 4.35. The first-order valence-corrected chi connectivity index (χ1v) is 6.74. The van der Waals surface area contributed by atoms with E-state index in [9.17, 15) is 4.39 Å². The minimum Gasteiger partial charge on any atom is -0.367 e. The van der Waals surface area contributed by atoms with Crippen LogP contribution in [-0.2, 0) is 0 Å². The maximum Gasteiger partial charge on any atom is 0.124 e. The molecule has 1 fully saturated rings. The number of aromatic nitrogens is 1. The molecule has 5 heteroatoms. The predicted molar refractivity (Wildman–Crippen MR) is 74.5 cm³/mol. The number of pyridine rings is 1. The summed E-state index contributed by atoms with van der Waals surface area (Å²) < 4.78 is 14.4. The summed E-state index contributed by atoms with van der Waals surface area (Å²) in [7, 11) is 0. The highest BCUT2D eigenvalue weighted by atomic mass is 79.9. The average molecular weight is 310 g/mol. The molecule has 0 aliphatic carbocycles. The van der Waals surface area contributed by atoms with E-state index in [1.54, 1.807) is 18.3 Å². The molecule has 1 aliphatic heterocycles. The van der Waals surface area contributed by atoms with Gasteiger partial charge in [0.15, 0.2) is 0 Å². The number of anilines is 1. The standard InChI is InChI=1S/C13H13BrFN3/c14-11-8-17-12-2-1-9(15)7-10(12)13(11)18-5-3-16-4-6-18/h1-2,7-8,16H,3-6H2. The average Bonchev–Trinajstić information content (AvgIpc) is 2.39. The molecule has 0 radical (unpaired) electrons. The van der Waals surface area contributed by atoms with Crippen molar-refractivity contribution in [1.29, 1.82) is 0 Å². The van der Waals surface area contributed by atoms with Gasteiger partial charge in [0.25, 0.3) is 0 Å². The largest absolute Gasteiger partial charge is 0.367 e. The van der Waals surface area contributed by atoms with Crippen molar-refractivity contribution in [3.8, 4) is 0 Å². The van der Waals surface area contributed by atoms with Crippen LogP contribution in [0.3, 0.4) is 0 Å². The summed E-state index contributed by atoms with van der Waals surface area (Å²) in [6.45, 7) is 3.75. The van der Waals surface area contributed by atoms with Crippen molar-refractivity contribution in [2.45, 2.75) is 0 Å². The Balaban J connectivity index is 2.18. The number of piperazine rings is 1. The fourth-order valence-electron chi connectivity index (χ4n) is 2.34. The van der Waals surface area contributed by atoms with Crippen LogP contribution in [0.15, 0.2) is 28.9 Å². The lowest BCUT2D eigenvalue weighted by molar-refractivity contribution is 0.589. The molecule has 94 valence electrons. The highest BCUT2D eigenvalue weighted by molar-refractivity contribution is 9.10. The summed E-state index contributed by atoms with van der Waals surface area (Å²) in [5, 5.41) is 4.18. The van der Waals surface area contributed by atoms with Gasteiger partial charge < -0.3 is 10.2 Å². The molecule has 1 aliphatic rings. The molecule has 1 aromatic heterocycles. The van der Waals surface area contributed by atoms with E-state index in [-0.39, 0.29) is 5.82 Å². The van der Waals surface area contributed by atoms with Crippen molar-refractivity contribution >= 4 is 32.5 Å². The Kier molecular flexibility index (Phi) is 3.18. The number of nitrogens with one attached hydrogen (secondary N) is 1. The Morgan fingerprint density at radius 1 is 1.28 bits per heavy atom. The number of benzene rings is 1. The molecular formula is C13H13BrFN3. The number of hydrogen-bond donors (Lipinski definition) is 1. The summed E-state index contributed by atoms with van der Waals surface area (Å²) >= 11 is 3.53. The Morgan fingerprint density at radius 2 is 2.06 bits per heavy atom. The highest BCUT2D eigenvalue weighted by Crippen LogP contribution is 2.33. The van der Waals surface area contributed by atoms with E-state index < -0.39 is 0 Å². The topological polar surface area (TPSA) is 28.2 Å². The van der Waals surface area contributed by atoms with E-state index in [1.165, 1.54) is 6.07 Å². The summed E-state index contributed by atoms with van der Waals surface area (Å²) in [6.07, 6.45) is 1.79. The molecule has 0 atom stereocenters. The van der Waals surface area contributed by atoms with Crippen molar-refractivity contribution in [1.82, 2.24) is 10.3 Å². The number of halogens is 2. The molecule has 3 rings (SSSR count). The van der Waals surface area contributed by atoms with Crippen LogP contribution < -0.4 is 10.2 Å². The van der Waals surface area contributed by atoms with E-state index in [4.69, 9.17) is 0 Å². The third-order valence-corrected chi connectivity index (χ3v) is 3.77.